The van der Waals surface area contributed by atoms with Gasteiger partial charge < -0.3 is 10.3 Å². The summed E-state index contributed by atoms with van der Waals surface area (Å²) >= 11 is 0. The van der Waals surface area contributed by atoms with Crippen LogP contribution in [0.5, 0.6) is 0 Å². The van der Waals surface area contributed by atoms with Crippen molar-refractivity contribution in [3.63, 3.8) is 0 Å². The van der Waals surface area contributed by atoms with Gasteiger partial charge in [-0.15, -0.1) is 6.42 Å². The van der Waals surface area contributed by atoms with Crippen LogP contribution in [0.4, 0.5) is 5.82 Å². The molecule has 1 rings (SSSR count). The van der Waals surface area contributed by atoms with E-state index in [4.69, 9.17) is 12.2 Å². The van der Waals surface area contributed by atoms with Gasteiger partial charge in [-0.2, -0.15) is 4.31 Å². The largest absolute Gasteiger partial charge is 0.381 e. The summed E-state index contributed by atoms with van der Waals surface area (Å²) < 4.78 is 26.8. The van der Waals surface area contributed by atoms with Gasteiger partial charge in [0.2, 0.25) is 0 Å². The van der Waals surface area contributed by atoms with Crippen LogP contribution >= 0.6 is 0 Å². The van der Waals surface area contributed by atoms with Crippen molar-refractivity contribution >= 4 is 15.8 Å². The fourth-order valence-corrected chi connectivity index (χ4v) is 2.90. The van der Waals surface area contributed by atoms with Crippen molar-refractivity contribution in [3.8, 4) is 12.3 Å². The number of aromatic nitrogens is 2. The van der Waals surface area contributed by atoms with Gasteiger partial charge in [0.25, 0.3) is 10.0 Å². The summed E-state index contributed by atoms with van der Waals surface area (Å²) in [6, 6.07) is 0. The third-order valence-corrected chi connectivity index (χ3v) is 4.17. The van der Waals surface area contributed by atoms with Crippen LogP contribution in [-0.2, 0) is 17.1 Å². The first kappa shape index (κ1) is 12.5. The standard InChI is InChI=1S/C9H14N4O2S/c1-4-6-13(5-2)16(14,15)9-8(10)11-7-12(9)3/h1,7H,5-6,10H2,2-3H3. The van der Waals surface area contributed by atoms with Crippen molar-refractivity contribution in [2.75, 3.05) is 18.8 Å². The minimum absolute atomic E-state index is 0.0158. The SMILES string of the molecule is C#CCN(CC)S(=O)(=O)c1c(N)ncn1C. The van der Waals surface area contributed by atoms with E-state index in [1.54, 1.807) is 14.0 Å². The van der Waals surface area contributed by atoms with Gasteiger partial charge in [0.1, 0.15) is 0 Å². The Hall–Kier alpha value is -1.52. The molecule has 0 amide bonds. The van der Waals surface area contributed by atoms with Crippen LogP contribution in [0.3, 0.4) is 0 Å². The number of nitrogens with two attached hydrogens (primary N) is 1. The highest BCUT2D eigenvalue weighted by molar-refractivity contribution is 7.89. The van der Waals surface area contributed by atoms with Crippen LogP contribution in [0, 0.1) is 12.3 Å². The van der Waals surface area contributed by atoms with E-state index < -0.39 is 10.0 Å². The lowest BCUT2D eigenvalue weighted by atomic mass is 10.6. The predicted octanol–water partition coefficient (Wildman–Crippen LogP) is -0.354. The van der Waals surface area contributed by atoms with Crippen LogP contribution < -0.4 is 5.73 Å². The minimum Gasteiger partial charge on any atom is -0.381 e. The van der Waals surface area contributed by atoms with E-state index in [2.05, 4.69) is 10.9 Å². The molecule has 0 aliphatic rings. The van der Waals surface area contributed by atoms with E-state index in [0.29, 0.717) is 0 Å². The molecule has 6 nitrogen and oxygen atoms in total. The zero-order valence-corrected chi connectivity index (χ0v) is 10.0. The molecular formula is C9H14N4O2S. The zero-order chi connectivity index (χ0) is 12.3. The van der Waals surface area contributed by atoms with Gasteiger partial charge >= 0.3 is 0 Å². The second kappa shape index (κ2) is 4.55. The summed E-state index contributed by atoms with van der Waals surface area (Å²) in [6.07, 6.45) is 6.47. The predicted molar refractivity (Wildman–Crippen MR) is 60.9 cm³/mol. The van der Waals surface area contributed by atoms with Crippen LogP contribution in [0.15, 0.2) is 11.4 Å². The van der Waals surface area contributed by atoms with Gasteiger partial charge in [0.15, 0.2) is 10.8 Å². The molecule has 1 aromatic heterocycles. The monoisotopic (exact) mass is 242 g/mol. The summed E-state index contributed by atoms with van der Waals surface area (Å²) in [5.74, 6) is 2.29. The highest BCUT2D eigenvalue weighted by Gasteiger charge is 2.28. The van der Waals surface area contributed by atoms with E-state index in [9.17, 15) is 8.42 Å². The number of sulfonamides is 1. The van der Waals surface area contributed by atoms with E-state index in [0.717, 1.165) is 0 Å². The summed E-state index contributed by atoms with van der Waals surface area (Å²) in [4.78, 5) is 3.74. The lowest BCUT2D eigenvalue weighted by Crippen LogP contribution is -2.32. The van der Waals surface area contributed by atoms with Crippen LogP contribution in [0.25, 0.3) is 0 Å². The van der Waals surface area contributed by atoms with Gasteiger partial charge in [-0.3, -0.25) is 0 Å². The molecule has 0 radical (unpaired) electrons. The molecule has 0 bridgehead atoms. The Kier molecular flexibility index (Phi) is 3.57. The molecule has 0 saturated carbocycles. The summed E-state index contributed by atoms with van der Waals surface area (Å²) in [5, 5.41) is -0.0235. The number of imidazole rings is 1. The Bertz CT molecular complexity index is 493. The molecule has 0 aromatic carbocycles. The number of nitrogen functional groups attached to an aromatic ring is 1. The maximum atomic E-state index is 12.1. The molecule has 0 aliphatic carbocycles. The molecule has 0 aliphatic heterocycles. The molecule has 1 aromatic rings. The van der Waals surface area contributed by atoms with Gasteiger partial charge in [0.05, 0.1) is 12.9 Å². The minimum atomic E-state index is -3.66. The molecule has 88 valence electrons. The number of hydrogen-bond acceptors (Lipinski definition) is 4. The molecule has 7 heteroatoms. The Morgan fingerprint density at radius 3 is 2.69 bits per heavy atom. The van der Waals surface area contributed by atoms with Crippen LogP contribution in [0.1, 0.15) is 6.92 Å². The van der Waals surface area contributed by atoms with Crippen LogP contribution in [0.2, 0.25) is 0 Å². The molecule has 0 fully saturated rings. The first-order chi connectivity index (χ1) is 7.45. The molecule has 1 heterocycles. The number of terminal acetylenes is 1. The first-order valence-corrected chi connectivity index (χ1v) is 6.09. The quantitative estimate of drug-likeness (QED) is 0.731. The highest BCUT2D eigenvalue weighted by Crippen LogP contribution is 2.19. The Balaban J connectivity index is 3.26. The molecule has 0 saturated heterocycles. The lowest BCUT2D eigenvalue weighted by molar-refractivity contribution is 0.458. The highest BCUT2D eigenvalue weighted by atomic mass is 32.2. The van der Waals surface area contributed by atoms with Gasteiger partial charge in [-0.1, -0.05) is 12.8 Å². The third kappa shape index (κ3) is 2.03. The number of nitrogens with zero attached hydrogens (tertiary/aromatic N) is 3. The third-order valence-electron chi connectivity index (χ3n) is 2.11. The van der Waals surface area contributed by atoms with E-state index in [-0.39, 0.29) is 23.9 Å². The molecule has 16 heavy (non-hydrogen) atoms. The Labute approximate surface area is 95.1 Å². The zero-order valence-electron chi connectivity index (χ0n) is 9.21. The maximum Gasteiger partial charge on any atom is 0.263 e. The summed E-state index contributed by atoms with van der Waals surface area (Å²) in [5.41, 5.74) is 5.53. The molecule has 0 spiro atoms. The van der Waals surface area contributed by atoms with E-state index in [1.165, 1.54) is 15.2 Å². The van der Waals surface area contributed by atoms with Gasteiger partial charge in [-0.05, 0) is 0 Å². The number of rotatable bonds is 4. The number of hydrogen-bond donors (Lipinski definition) is 1. The molecule has 2 N–H and O–H groups in total. The van der Waals surface area contributed by atoms with Crippen molar-refractivity contribution in [1.29, 1.82) is 0 Å². The van der Waals surface area contributed by atoms with Crippen molar-refractivity contribution < 1.29 is 8.42 Å². The summed E-state index contributed by atoms with van der Waals surface area (Å²) in [6.45, 7) is 2.02. The molecule has 0 unspecified atom stereocenters. The maximum absolute atomic E-state index is 12.1. The Morgan fingerprint density at radius 1 is 1.69 bits per heavy atom. The Morgan fingerprint density at radius 2 is 2.31 bits per heavy atom. The second-order valence-electron chi connectivity index (χ2n) is 3.18. The normalized spacial score (nSPS) is 11.6. The number of aryl methyl sites for hydroxylation is 1. The van der Waals surface area contributed by atoms with E-state index >= 15 is 0 Å². The molecule has 0 atom stereocenters. The lowest BCUT2D eigenvalue weighted by Gasteiger charge is -2.17. The van der Waals surface area contributed by atoms with E-state index in [1.807, 2.05) is 0 Å². The van der Waals surface area contributed by atoms with Crippen molar-refractivity contribution in [3.05, 3.63) is 6.33 Å². The average Bonchev–Trinajstić information content (AvgIpc) is 2.55. The smallest absolute Gasteiger partial charge is 0.263 e. The first-order valence-electron chi connectivity index (χ1n) is 4.65. The second-order valence-corrected chi connectivity index (χ2v) is 5.03. The fourth-order valence-electron chi connectivity index (χ4n) is 1.34. The number of anilines is 1. The molecular weight excluding hydrogens is 228 g/mol. The van der Waals surface area contributed by atoms with Crippen molar-refractivity contribution in [1.82, 2.24) is 13.9 Å². The van der Waals surface area contributed by atoms with Gasteiger partial charge in [-0.25, -0.2) is 13.4 Å². The summed E-state index contributed by atoms with van der Waals surface area (Å²) in [7, 11) is -2.10. The van der Waals surface area contributed by atoms with Crippen molar-refractivity contribution in [2.45, 2.75) is 11.9 Å². The van der Waals surface area contributed by atoms with Crippen molar-refractivity contribution in [2.24, 2.45) is 7.05 Å². The van der Waals surface area contributed by atoms with Gasteiger partial charge in [0, 0.05) is 13.6 Å². The average molecular weight is 242 g/mol. The topological polar surface area (TPSA) is 81.2 Å². The van der Waals surface area contributed by atoms with Crippen LogP contribution in [-0.4, -0.2) is 35.4 Å². The fraction of sp³-hybridized carbons (Fsp3) is 0.444.